The van der Waals surface area contributed by atoms with Crippen molar-refractivity contribution >= 4 is 66.3 Å². The summed E-state index contributed by atoms with van der Waals surface area (Å²) in [7, 11) is 0. The van der Waals surface area contributed by atoms with Gasteiger partial charge in [0.2, 0.25) is 0 Å². The molecule has 47 heavy (non-hydrogen) atoms. The fraction of sp³-hybridized carbons (Fsp3) is 0.0476. The third kappa shape index (κ3) is 3.77. The summed E-state index contributed by atoms with van der Waals surface area (Å²) in [5.41, 5.74) is 8.18. The van der Waals surface area contributed by atoms with E-state index in [1.54, 1.807) is 0 Å². The van der Waals surface area contributed by atoms with Gasteiger partial charge in [0.25, 0.3) is 0 Å². The van der Waals surface area contributed by atoms with E-state index in [0.29, 0.717) is 0 Å². The molecule has 1 aromatic heterocycles. The van der Waals surface area contributed by atoms with Crippen LogP contribution in [0.4, 0.5) is 0 Å². The Morgan fingerprint density at radius 1 is 0.511 bits per heavy atom. The van der Waals surface area contributed by atoms with E-state index in [0.717, 1.165) is 61.1 Å². The van der Waals surface area contributed by atoms with Crippen molar-refractivity contribution in [2.45, 2.75) is 13.8 Å². The number of fused-ring (bicyclic) bond motifs is 9. The number of ether oxygens (including phenoxy) is 2. The zero-order valence-electron chi connectivity index (χ0n) is 25.8. The molecular formula is C42H28NO2PS. The number of nitrogens with zero attached hydrogens (tertiary/aromatic N) is 1. The molecule has 0 aliphatic carbocycles. The van der Waals surface area contributed by atoms with Crippen LogP contribution in [0.25, 0.3) is 49.4 Å². The van der Waals surface area contributed by atoms with Crippen LogP contribution in [-0.4, -0.2) is 4.57 Å². The van der Waals surface area contributed by atoms with Gasteiger partial charge < -0.3 is 14.0 Å². The summed E-state index contributed by atoms with van der Waals surface area (Å²) in [6.07, 6.45) is 0. The Morgan fingerprint density at radius 3 is 1.87 bits per heavy atom. The normalized spacial score (nSPS) is 16.0. The highest BCUT2D eigenvalue weighted by Gasteiger charge is 2.43. The molecule has 0 radical (unpaired) electrons. The van der Waals surface area contributed by atoms with Gasteiger partial charge in [-0.2, -0.15) is 0 Å². The van der Waals surface area contributed by atoms with Gasteiger partial charge in [-0.05, 0) is 102 Å². The monoisotopic (exact) mass is 641 g/mol. The summed E-state index contributed by atoms with van der Waals surface area (Å²) in [6, 6.07) is 45.0. The molecule has 2 aliphatic rings. The lowest BCUT2D eigenvalue weighted by Crippen LogP contribution is -2.35. The van der Waals surface area contributed by atoms with E-state index >= 15 is 0 Å². The molecule has 1 atom stereocenters. The number of rotatable bonds is 2. The second-order valence-electron chi connectivity index (χ2n) is 12.7. The fourth-order valence-corrected chi connectivity index (χ4v) is 12.4. The lowest BCUT2D eigenvalue weighted by molar-refractivity contribution is 0.467. The fourth-order valence-electron chi connectivity index (χ4n) is 7.58. The SMILES string of the molecule is Cc1ccc2c(c1)c1cc(C)ccc1n2-c1ccc(-c2cc3c4c(c2)Oc2ccc5ccccc5c2P4(=S)c2ccccc2O3)cc1. The maximum atomic E-state index is 6.85. The Hall–Kier alpha value is -5.15. The molecule has 5 heteroatoms. The van der Waals surface area contributed by atoms with Crippen LogP contribution in [-0.2, 0) is 11.8 Å². The van der Waals surface area contributed by atoms with Crippen LogP contribution in [0.2, 0.25) is 0 Å². The van der Waals surface area contributed by atoms with Gasteiger partial charge in [0.15, 0.2) is 0 Å². The van der Waals surface area contributed by atoms with Crippen molar-refractivity contribution in [2.24, 2.45) is 0 Å². The molecule has 3 nitrogen and oxygen atoms in total. The number of benzene rings is 7. The summed E-state index contributed by atoms with van der Waals surface area (Å²) in [6.45, 7) is 4.31. The van der Waals surface area contributed by atoms with Crippen LogP contribution in [0.15, 0.2) is 133 Å². The minimum absolute atomic E-state index is 0.787. The molecule has 8 aromatic rings. The highest BCUT2D eigenvalue weighted by Crippen LogP contribution is 2.60. The standard InChI is InChI=1S/C42H28NO2PS/c1-25-11-18-34-32(21-25)33-22-26(2)12-19-35(33)43(34)30-16-13-27(14-17-30)29-23-38-42-39(24-29)45-37-20-15-28-7-3-4-8-31(28)41(37)46(42,47)40-10-6-5-9-36(40)44-38/h3-24H,1-2H3. The summed E-state index contributed by atoms with van der Waals surface area (Å²) in [5, 5.41) is 8.07. The van der Waals surface area contributed by atoms with Crippen molar-refractivity contribution in [3.05, 3.63) is 145 Å². The quantitative estimate of drug-likeness (QED) is 0.176. The van der Waals surface area contributed by atoms with Crippen LogP contribution in [0.1, 0.15) is 11.1 Å². The molecule has 3 heterocycles. The minimum Gasteiger partial charge on any atom is -0.456 e. The van der Waals surface area contributed by atoms with Crippen molar-refractivity contribution in [2.75, 3.05) is 0 Å². The predicted molar refractivity (Wildman–Crippen MR) is 199 cm³/mol. The lowest BCUT2D eigenvalue weighted by Gasteiger charge is -2.38. The van der Waals surface area contributed by atoms with Crippen molar-refractivity contribution in [3.8, 4) is 39.8 Å². The molecule has 0 spiro atoms. The first-order valence-electron chi connectivity index (χ1n) is 15.9. The van der Waals surface area contributed by atoms with Crippen molar-refractivity contribution in [1.82, 2.24) is 4.57 Å². The number of hydrogen-bond acceptors (Lipinski definition) is 3. The zero-order chi connectivity index (χ0) is 31.4. The molecule has 2 aliphatic heterocycles. The third-order valence-corrected chi connectivity index (χ3v) is 14.6. The van der Waals surface area contributed by atoms with E-state index in [2.05, 4.69) is 140 Å². The molecule has 7 aromatic carbocycles. The van der Waals surface area contributed by atoms with Gasteiger partial charge in [0.1, 0.15) is 23.0 Å². The molecule has 224 valence electrons. The maximum Gasteiger partial charge on any atom is 0.140 e. The first-order valence-corrected chi connectivity index (χ1v) is 18.7. The molecule has 0 amide bonds. The van der Waals surface area contributed by atoms with Crippen molar-refractivity contribution < 1.29 is 9.47 Å². The highest BCUT2D eigenvalue weighted by atomic mass is 32.4. The van der Waals surface area contributed by atoms with Gasteiger partial charge in [-0.25, -0.2) is 0 Å². The molecule has 0 saturated heterocycles. The molecule has 0 bridgehead atoms. The van der Waals surface area contributed by atoms with Crippen LogP contribution >= 0.6 is 6.04 Å². The zero-order valence-corrected chi connectivity index (χ0v) is 27.5. The Labute approximate surface area is 277 Å². The van der Waals surface area contributed by atoms with Crippen molar-refractivity contribution in [3.63, 3.8) is 0 Å². The maximum absolute atomic E-state index is 6.85. The van der Waals surface area contributed by atoms with Gasteiger partial charge in [-0.1, -0.05) is 89.7 Å². The Balaban J connectivity index is 1.14. The smallest absolute Gasteiger partial charge is 0.140 e. The summed E-state index contributed by atoms with van der Waals surface area (Å²) < 4.78 is 15.8. The van der Waals surface area contributed by atoms with E-state index in [1.165, 1.54) is 38.3 Å². The van der Waals surface area contributed by atoms with Gasteiger partial charge in [-0.15, -0.1) is 0 Å². The highest BCUT2D eigenvalue weighted by molar-refractivity contribution is 8.26. The number of aryl methyl sites for hydroxylation is 2. The Kier molecular flexibility index (Phi) is 5.56. The van der Waals surface area contributed by atoms with E-state index in [1.807, 2.05) is 12.1 Å². The molecular weight excluding hydrogens is 614 g/mol. The lowest BCUT2D eigenvalue weighted by atomic mass is 10.0. The van der Waals surface area contributed by atoms with Crippen LogP contribution < -0.4 is 25.4 Å². The van der Waals surface area contributed by atoms with Gasteiger partial charge in [0, 0.05) is 27.1 Å². The van der Waals surface area contributed by atoms with E-state index in [9.17, 15) is 0 Å². The van der Waals surface area contributed by atoms with Crippen LogP contribution in [0.3, 0.4) is 0 Å². The van der Waals surface area contributed by atoms with E-state index in [-0.39, 0.29) is 0 Å². The van der Waals surface area contributed by atoms with E-state index in [4.69, 9.17) is 21.3 Å². The Morgan fingerprint density at radius 2 is 1.15 bits per heavy atom. The third-order valence-electron chi connectivity index (χ3n) is 9.71. The first kappa shape index (κ1) is 27.0. The number of aromatic nitrogens is 1. The second-order valence-corrected chi connectivity index (χ2v) is 16.9. The molecule has 0 fully saturated rings. The van der Waals surface area contributed by atoms with Crippen molar-refractivity contribution in [1.29, 1.82) is 0 Å². The van der Waals surface area contributed by atoms with Gasteiger partial charge in [-0.3, -0.25) is 0 Å². The van der Waals surface area contributed by atoms with Crippen LogP contribution in [0, 0.1) is 13.8 Å². The Bertz CT molecular complexity index is 2610. The topological polar surface area (TPSA) is 23.4 Å². The second kappa shape index (κ2) is 9.68. The molecule has 0 saturated carbocycles. The summed E-state index contributed by atoms with van der Waals surface area (Å²) >= 11 is 6.85. The summed E-state index contributed by atoms with van der Waals surface area (Å²) in [5.74, 6) is 3.25. The number of hydrogen-bond donors (Lipinski definition) is 0. The average molecular weight is 642 g/mol. The van der Waals surface area contributed by atoms with E-state index < -0.39 is 6.04 Å². The molecule has 10 rings (SSSR count). The van der Waals surface area contributed by atoms with Crippen LogP contribution in [0.5, 0.6) is 23.0 Å². The minimum atomic E-state index is -2.49. The van der Waals surface area contributed by atoms with Gasteiger partial charge >= 0.3 is 0 Å². The molecule has 1 unspecified atom stereocenters. The average Bonchev–Trinajstić information content (AvgIpc) is 3.40. The summed E-state index contributed by atoms with van der Waals surface area (Å²) in [4.78, 5) is 0. The number of para-hydroxylation sites is 1. The largest absolute Gasteiger partial charge is 0.456 e. The predicted octanol–water partition coefficient (Wildman–Crippen LogP) is 10.2. The molecule has 0 N–H and O–H groups in total. The van der Waals surface area contributed by atoms with Gasteiger partial charge in [0.05, 0.1) is 22.4 Å². The first-order chi connectivity index (χ1) is 23.0.